The highest BCUT2D eigenvalue weighted by Gasteiger charge is 2.50. The first-order chi connectivity index (χ1) is 46.1. The summed E-state index contributed by atoms with van der Waals surface area (Å²) in [6.45, 7) is 8.94. The van der Waals surface area contributed by atoms with E-state index in [2.05, 4.69) is 263 Å². The topological polar surface area (TPSA) is 63.2 Å². The van der Waals surface area contributed by atoms with Crippen LogP contribution in [0.4, 0.5) is 0 Å². The molecule has 5 heterocycles. The van der Waals surface area contributed by atoms with Gasteiger partial charge in [0.25, 0.3) is 0 Å². The Bertz CT molecular complexity index is 5780. The highest BCUT2D eigenvalue weighted by molar-refractivity contribution is 5.79. The van der Waals surface area contributed by atoms with Crippen LogP contribution in [0.1, 0.15) is 178 Å². The van der Waals surface area contributed by atoms with Crippen molar-refractivity contribution in [2.24, 2.45) is 21.1 Å². The van der Waals surface area contributed by atoms with E-state index >= 15 is 0 Å². The lowest BCUT2D eigenvalue weighted by Gasteiger charge is -2.42. The molecule has 12 aliphatic rings. The lowest BCUT2D eigenvalue weighted by atomic mass is 9.60. The summed E-state index contributed by atoms with van der Waals surface area (Å²) < 4.78 is 6.83. The first-order valence-corrected chi connectivity index (χ1v) is 33.6. The number of hydrogen-bond donors (Lipinski definition) is 0. The lowest BCUT2D eigenvalue weighted by Crippen LogP contribution is -2.40. The molecule has 6 bridgehead atoms. The summed E-state index contributed by atoms with van der Waals surface area (Å²) in [5, 5.41) is 8.26. The van der Waals surface area contributed by atoms with Gasteiger partial charge in [-0.2, -0.15) is 0 Å². The molecule has 0 N–H and O–H groups in total. The molecule has 94 heavy (non-hydrogen) atoms. The van der Waals surface area contributed by atoms with Gasteiger partial charge >= 0.3 is 0 Å². The van der Waals surface area contributed by atoms with E-state index in [-0.39, 0.29) is 23.7 Å². The van der Waals surface area contributed by atoms with Crippen LogP contribution in [0.2, 0.25) is 0 Å². The maximum Gasteiger partial charge on any atom is 0.217 e. The molecule has 0 aliphatic heterocycles. The Labute approximate surface area is 547 Å². The van der Waals surface area contributed by atoms with Gasteiger partial charge in [0.05, 0.1) is 46.4 Å². The Morgan fingerprint density at radius 3 is 1.20 bits per heavy atom. The molecular formula is C87H70N7+3. The fourth-order valence-electron chi connectivity index (χ4n) is 18.5. The van der Waals surface area contributed by atoms with Crippen LogP contribution in [0.5, 0.6) is 0 Å². The predicted molar refractivity (Wildman–Crippen MR) is 372 cm³/mol. The van der Waals surface area contributed by atoms with Crippen LogP contribution in [0.25, 0.3) is 70.2 Å². The van der Waals surface area contributed by atoms with Crippen LogP contribution in [-0.4, -0.2) is 19.9 Å². The van der Waals surface area contributed by atoms with E-state index in [1.165, 1.54) is 165 Å². The largest absolute Gasteiger partial charge is 0.257 e. The molecule has 450 valence electrons. The van der Waals surface area contributed by atoms with E-state index in [0.717, 1.165) is 42.0 Å². The first-order valence-electron chi connectivity index (χ1n) is 33.6. The van der Waals surface area contributed by atoms with E-state index in [1.807, 2.05) is 24.8 Å². The van der Waals surface area contributed by atoms with Crippen molar-refractivity contribution in [3.05, 3.63) is 343 Å². The third-order valence-electron chi connectivity index (χ3n) is 22.5. The quantitative estimate of drug-likeness (QED) is 0.165. The minimum atomic E-state index is 0.105. The van der Waals surface area contributed by atoms with Crippen molar-refractivity contribution in [2.75, 3.05) is 0 Å². The van der Waals surface area contributed by atoms with Gasteiger partial charge in [-0.3, -0.25) is 19.9 Å². The second-order valence-corrected chi connectivity index (χ2v) is 27.5. The van der Waals surface area contributed by atoms with Crippen molar-refractivity contribution in [3.8, 4) is 33.8 Å². The summed E-state index contributed by atoms with van der Waals surface area (Å²) in [6, 6.07) is 54.9. The average Bonchev–Trinajstić information content (AvgIpc) is 0.756. The number of benzene rings is 7. The van der Waals surface area contributed by atoms with Crippen molar-refractivity contribution in [3.63, 3.8) is 0 Å². The van der Waals surface area contributed by atoms with Crippen molar-refractivity contribution in [1.29, 1.82) is 0 Å². The molecule has 6 unspecified atom stereocenters. The molecule has 12 aliphatic carbocycles. The molecular weight excluding hydrogens is 1140 g/mol. The predicted octanol–water partition coefficient (Wildman–Crippen LogP) is 11.2. The van der Waals surface area contributed by atoms with Crippen molar-refractivity contribution >= 4 is 36.5 Å². The molecule has 0 spiro atoms. The van der Waals surface area contributed by atoms with E-state index in [9.17, 15) is 0 Å². The molecule has 0 radical (unpaired) electrons. The zero-order chi connectivity index (χ0) is 62.9. The van der Waals surface area contributed by atoms with Gasteiger partial charge in [0, 0.05) is 88.2 Å². The van der Waals surface area contributed by atoms with Crippen LogP contribution < -0.4 is 45.0 Å². The summed E-state index contributed by atoms with van der Waals surface area (Å²) >= 11 is 0. The zero-order valence-corrected chi connectivity index (χ0v) is 54.1. The monoisotopic (exact) mass is 1210 g/mol. The normalized spacial score (nSPS) is 19.0. The molecule has 0 saturated heterocycles. The molecule has 7 heteroatoms. The Hall–Kier alpha value is -10.6. The third kappa shape index (κ3) is 7.87. The van der Waals surface area contributed by atoms with Crippen LogP contribution >= 0.6 is 0 Å². The summed E-state index contributed by atoms with van der Waals surface area (Å²) in [4.78, 5) is 19.5. The summed E-state index contributed by atoms with van der Waals surface area (Å²) in [7, 11) is 6.48. The Kier molecular flexibility index (Phi) is 12.1. The Morgan fingerprint density at radius 2 is 0.702 bits per heavy atom. The smallest absolute Gasteiger partial charge is 0.217 e. The third-order valence-corrected chi connectivity index (χ3v) is 22.5. The first kappa shape index (κ1) is 55.0. The van der Waals surface area contributed by atoms with Gasteiger partial charge in [0.1, 0.15) is 21.1 Å². The Balaban J connectivity index is 0.000000100. The number of aryl methyl sites for hydroxylation is 7. The van der Waals surface area contributed by atoms with Gasteiger partial charge in [-0.05, 0) is 186 Å². The minimum Gasteiger partial charge on any atom is -0.257 e. The van der Waals surface area contributed by atoms with Crippen LogP contribution in [0, 0.1) is 27.7 Å². The summed E-state index contributed by atoms with van der Waals surface area (Å²) in [5.74, 6) is 1.15. The number of pyridine rings is 3. The van der Waals surface area contributed by atoms with Gasteiger partial charge < -0.3 is 0 Å². The minimum absolute atomic E-state index is 0.105. The van der Waals surface area contributed by atoms with Crippen LogP contribution in [0.3, 0.4) is 0 Å². The van der Waals surface area contributed by atoms with Gasteiger partial charge in [0.2, 0.25) is 17.1 Å². The van der Waals surface area contributed by atoms with Gasteiger partial charge in [-0.15, -0.1) is 0 Å². The molecule has 7 aromatic carbocycles. The summed E-state index contributed by atoms with van der Waals surface area (Å²) in [5.41, 5.74) is 37.8. The lowest BCUT2D eigenvalue weighted by molar-refractivity contribution is -0.661. The standard InChI is InChI=1S/C30H24N.C29H24N3.C28H22N3/c1-18-14-24-27(17-23(18)28-12-5-6-13-31(28)2)30-22-11-4-3-10-21(22)29(24)25-15-19-8-7-9-20(19)16-26(25)30;1-16-7-4-5-10-20(16)29-26-23(17(2)15-32(29)3)24-21-13-18-8-6-9-19(18)14-22(21)25(26)28-27(24)30-11-12-31-28;1-16-6-3-4-9-19(16)28-25-20(10-13-31(28)2)23-21-14-17-7-5-8-18(17)15-22(21)24(25)27-26(23)29-11-12-30-27/h3-6,8-17,29-30H,7H2,1-2H3;4-5,7-15,24-25H,6H2,1-3H3;3-4,6-15,23-24H,5H2,1-2H3/q3*+1. The van der Waals surface area contributed by atoms with Gasteiger partial charge in [-0.25, -0.2) is 13.7 Å². The number of nitrogens with zero attached hydrogens (tertiary/aromatic N) is 7. The molecule has 5 aromatic heterocycles. The molecule has 12 aromatic rings. The average molecular weight is 1210 g/mol. The summed E-state index contributed by atoms with van der Waals surface area (Å²) in [6.07, 6.45) is 31.2. The molecule has 6 atom stereocenters. The van der Waals surface area contributed by atoms with E-state index in [1.54, 1.807) is 0 Å². The molecule has 0 fully saturated rings. The van der Waals surface area contributed by atoms with Crippen molar-refractivity contribution < 1.29 is 13.7 Å². The highest BCUT2D eigenvalue weighted by atomic mass is 15.0. The Morgan fingerprint density at radius 1 is 0.298 bits per heavy atom. The fourth-order valence-corrected chi connectivity index (χ4v) is 18.5. The number of aromatic nitrogens is 7. The van der Waals surface area contributed by atoms with Gasteiger partial charge in [0.15, 0.2) is 18.6 Å². The SMILES string of the molecule is Cc1cc2c(cc1-c1cccc[n+]1C)C1c3ccccc3C2c2cc3c(cc21)=CCC=3.Cc1ccccc1-c1c2c(c(C)c[n+]1C)C1c3cc4c(cc3C2c2nccnc21)=CCC=4.Cc1ccccc1-c1c2c(cc[n+]1C)C1c3cc4c(cc3C2c2nccnc21)=CCC=4. The molecule has 0 amide bonds. The second kappa shape index (κ2) is 20.7. The molecule has 24 rings (SSSR count). The highest BCUT2D eigenvalue weighted by Crippen LogP contribution is 2.59. The maximum atomic E-state index is 4.92. The molecule has 7 nitrogen and oxygen atoms in total. The number of hydrogen-bond acceptors (Lipinski definition) is 4. The fraction of sp³-hybridized carbons (Fsp3) is 0.184. The van der Waals surface area contributed by atoms with Gasteiger partial charge in [-0.1, -0.05) is 140 Å². The van der Waals surface area contributed by atoms with E-state index in [0.29, 0.717) is 11.8 Å². The number of rotatable bonds is 3. The van der Waals surface area contributed by atoms with Crippen LogP contribution in [0.15, 0.2) is 189 Å². The van der Waals surface area contributed by atoms with E-state index in [4.69, 9.17) is 19.9 Å². The van der Waals surface area contributed by atoms with Crippen molar-refractivity contribution in [1.82, 2.24) is 19.9 Å². The maximum absolute atomic E-state index is 4.92. The zero-order valence-electron chi connectivity index (χ0n) is 54.1. The second-order valence-electron chi connectivity index (χ2n) is 27.5. The van der Waals surface area contributed by atoms with Crippen LogP contribution in [-0.2, 0) is 21.1 Å². The van der Waals surface area contributed by atoms with E-state index < -0.39 is 0 Å². The number of fused-ring (bicyclic) bond motifs is 3. The molecule has 0 saturated carbocycles. The van der Waals surface area contributed by atoms with Crippen molar-refractivity contribution in [2.45, 2.75) is 82.5 Å².